The highest BCUT2D eigenvalue weighted by molar-refractivity contribution is 5.91. The number of anilines is 1. The van der Waals surface area contributed by atoms with Crippen LogP contribution in [0.3, 0.4) is 0 Å². The molecule has 0 aliphatic carbocycles. The molecule has 23 heavy (non-hydrogen) atoms. The molecule has 2 N–H and O–H groups in total. The van der Waals surface area contributed by atoms with Crippen molar-refractivity contribution in [2.24, 2.45) is 0 Å². The third kappa shape index (κ3) is 3.26. The first-order valence-electron chi connectivity index (χ1n) is 7.67. The van der Waals surface area contributed by atoms with E-state index >= 15 is 0 Å². The Morgan fingerprint density at radius 3 is 2.87 bits per heavy atom. The molecule has 0 spiro atoms. The lowest BCUT2D eigenvalue weighted by molar-refractivity contribution is -0.125. The number of carbonyl (C=O) groups is 2. The van der Waals surface area contributed by atoms with Crippen molar-refractivity contribution in [2.75, 3.05) is 19.0 Å². The van der Waals surface area contributed by atoms with E-state index in [1.165, 1.54) is 0 Å². The summed E-state index contributed by atoms with van der Waals surface area (Å²) >= 11 is 0. The molecule has 6 nitrogen and oxygen atoms in total. The van der Waals surface area contributed by atoms with E-state index in [0.717, 1.165) is 22.3 Å². The average Bonchev–Trinajstić information content (AvgIpc) is 2.98. The number of carbonyl (C=O) groups excluding carboxylic acids is 2. The van der Waals surface area contributed by atoms with Crippen LogP contribution >= 0.6 is 0 Å². The van der Waals surface area contributed by atoms with Gasteiger partial charge in [-0.2, -0.15) is 0 Å². The predicted molar refractivity (Wildman–Crippen MR) is 89.1 cm³/mol. The van der Waals surface area contributed by atoms with Gasteiger partial charge in [-0.25, -0.2) is 4.98 Å². The van der Waals surface area contributed by atoms with Crippen LogP contribution in [0.25, 0.3) is 10.9 Å². The number of nitrogens with one attached hydrogen (secondary N) is 2. The van der Waals surface area contributed by atoms with E-state index in [9.17, 15) is 9.59 Å². The lowest BCUT2D eigenvalue weighted by Crippen LogP contribution is -2.41. The molecule has 1 aromatic heterocycles. The monoisotopic (exact) mass is 312 g/mol. The standard InChI is InChI=1S/C17H20N4O2/c1-21(2)15-9-11(12-5-3-4-6-13(12)19-15)10-18-17(23)14-7-8-16(22)20-14/h3-6,9,14H,7-8,10H2,1-2H3,(H,18,23)(H,20,22)/t14-/m0/s1. The quantitative estimate of drug-likeness (QED) is 0.889. The fourth-order valence-electron chi connectivity index (χ4n) is 2.72. The van der Waals surface area contributed by atoms with Crippen LogP contribution in [0.1, 0.15) is 18.4 Å². The molecule has 2 heterocycles. The van der Waals surface area contributed by atoms with E-state index in [1.807, 2.05) is 49.3 Å². The summed E-state index contributed by atoms with van der Waals surface area (Å²) < 4.78 is 0. The van der Waals surface area contributed by atoms with Crippen molar-refractivity contribution in [3.05, 3.63) is 35.9 Å². The van der Waals surface area contributed by atoms with E-state index in [-0.39, 0.29) is 11.8 Å². The minimum Gasteiger partial charge on any atom is -0.363 e. The Kier molecular flexibility index (Phi) is 4.14. The van der Waals surface area contributed by atoms with Gasteiger partial charge < -0.3 is 15.5 Å². The zero-order valence-electron chi connectivity index (χ0n) is 13.3. The van der Waals surface area contributed by atoms with Gasteiger partial charge in [0.05, 0.1) is 5.52 Å². The fraction of sp³-hybridized carbons (Fsp3) is 0.353. The second kappa shape index (κ2) is 6.24. The molecule has 1 saturated heterocycles. The molecule has 0 bridgehead atoms. The molecular formula is C17H20N4O2. The largest absolute Gasteiger partial charge is 0.363 e. The van der Waals surface area contributed by atoms with E-state index in [1.54, 1.807) is 0 Å². The maximum atomic E-state index is 12.2. The number of hydrogen-bond acceptors (Lipinski definition) is 4. The van der Waals surface area contributed by atoms with Crippen molar-refractivity contribution >= 4 is 28.5 Å². The highest BCUT2D eigenvalue weighted by Gasteiger charge is 2.26. The number of hydrogen-bond donors (Lipinski definition) is 2. The van der Waals surface area contributed by atoms with Gasteiger partial charge in [0.2, 0.25) is 11.8 Å². The van der Waals surface area contributed by atoms with Gasteiger partial charge in [-0.1, -0.05) is 18.2 Å². The summed E-state index contributed by atoms with van der Waals surface area (Å²) in [6.07, 6.45) is 0.978. The highest BCUT2D eigenvalue weighted by Crippen LogP contribution is 2.22. The van der Waals surface area contributed by atoms with Crippen molar-refractivity contribution in [1.82, 2.24) is 15.6 Å². The minimum absolute atomic E-state index is 0.0607. The van der Waals surface area contributed by atoms with Crippen LogP contribution in [0.5, 0.6) is 0 Å². The van der Waals surface area contributed by atoms with Crippen molar-refractivity contribution in [2.45, 2.75) is 25.4 Å². The van der Waals surface area contributed by atoms with Crippen LogP contribution in [0, 0.1) is 0 Å². The Bertz CT molecular complexity index is 757. The van der Waals surface area contributed by atoms with Crippen molar-refractivity contribution in [1.29, 1.82) is 0 Å². The van der Waals surface area contributed by atoms with Gasteiger partial charge in [-0.3, -0.25) is 9.59 Å². The number of nitrogens with zero attached hydrogens (tertiary/aromatic N) is 2. The molecule has 3 rings (SSSR count). The summed E-state index contributed by atoms with van der Waals surface area (Å²) in [6.45, 7) is 0.412. The Labute approximate surface area is 134 Å². The Hall–Kier alpha value is -2.63. The molecule has 1 aliphatic heterocycles. The lowest BCUT2D eigenvalue weighted by atomic mass is 10.1. The third-order valence-electron chi connectivity index (χ3n) is 4.01. The average molecular weight is 312 g/mol. The second-order valence-corrected chi connectivity index (χ2v) is 5.93. The zero-order chi connectivity index (χ0) is 16.4. The van der Waals surface area contributed by atoms with Crippen molar-refractivity contribution < 1.29 is 9.59 Å². The first kappa shape index (κ1) is 15.3. The number of fused-ring (bicyclic) bond motifs is 1. The van der Waals surface area contributed by atoms with Gasteiger partial charge in [0, 0.05) is 32.4 Å². The van der Waals surface area contributed by atoms with Crippen LogP contribution in [0.15, 0.2) is 30.3 Å². The van der Waals surface area contributed by atoms with Gasteiger partial charge in [-0.15, -0.1) is 0 Å². The molecule has 1 aliphatic rings. The Balaban J connectivity index is 1.81. The maximum Gasteiger partial charge on any atom is 0.242 e. The normalized spacial score (nSPS) is 17.1. The van der Waals surface area contributed by atoms with Gasteiger partial charge in [0.25, 0.3) is 0 Å². The highest BCUT2D eigenvalue weighted by atomic mass is 16.2. The van der Waals surface area contributed by atoms with E-state index in [4.69, 9.17) is 0 Å². The first-order valence-corrected chi connectivity index (χ1v) is 7.67. The molecule has 1 aromatic carbocycles. The van der Waals surface area contributed by atoms with Crippen LogP contribution < -0.4 is 15.5 Å². The van der Waals surface area contributed by atoms with Gasteiger partial charge in [0.1, 0.15) is 11.9 Å². The Morgan fingerprint density at radius 2 is 2.17 bits per heavy atom. The van der Waals surface area contributed by atoms with E-state index in [2.05, 4.69) is 15.6 Å². The van der Waals surface area contributed by atoms with Crippen LogP contribution in [0.2, 0.25) is 0 Å². The van der Waals surface area contributed by atoms with Crippen molar-refractivity contribution in [3.63, 3.8) is 0 Å². The summed E-state index contributed by atoms with van der Waals surface area (Å²) in [4.78, 5) is 29.9. The molecule has 120 valence electrons. The first-order chi connectivity index (χ1) is 11.0. The number of para-hydroxylation sites is 1. The summed E-state index contributed by atoms with van der Waals surface area (Å²) in [7, 11) is 3.88. The number of pyridine rings is 1. The minimum atomic E-state index is -0.413. The van der Waals surface area contributed by atoms with Gasteiger partial charge >= 0.3 is 0 Å². The topological polar surface area (TPSA) is 74.3 Å². The molecule has 2 amide bonds. The number of benzene rings is 1. The molecule has 2 aromatic rings. The summed E-state index contributed by atoms with van der Waals surface area (Å²) in [6, 6.07) is 9.44. The maximum absolute atomic E-state index is 12.2. The SMILES string of the molecule is CN(C)c1cc(CNC(=O)[C@@H]2CCC(=O)N2)c2ccccc2n1. The molecule has 0 unspecified atom stereocenters. The van der Waals surface area contributed by atoms with Crippen LogP contribution in [-0.2, 0) is 16.1 Å². The predicted octanol–water partition coefficient (Wildman–Crippen LogP) is 1.20. The summed E-state index contributed by atoms with van der Waals surface area (Å²) in [5.41, 5.74) is 1.91. The number of amides is 2. The molecule has 0 saturated carbocycles. The smallest absolute Gasteiger partial charge is 0.242 e. The molecule has 1 fully saturated rings. The third-order valence-corrected chi connectivity index (χ3v) is 4.01. The lowest BCUT2D eigenvalue weighted by Gasteiger charge is -2.16. The molecular weight excluding hydrogens is 292 g/mol. The van der Waals surface area contributed by atoms with Gasteiger partial charge in [-0.05, 0) is 24.1 Å². The number of rotatable bonds is 4. The van der Waals surface area contributed by atoms with Gasteiger partial charge in [0.15, 0.2) is 0 Å². The van der Waals surface area contributed by atoms with Crippen molar-refractivity contribution in [3.8, 4) is 0 Å². The number of aromatic nitrogens is 1. The molecule has 1 atom stereocenters. The summed E-state index contributed by atoms with van der Waals surface area (Å²) in [5.74, 6) is 0.652. The van der Waals surface area contributed by atoms with Crippen LogP contribution in [-0.4, -0.2) is 36.9 Å². The van der Waals surface area contributed by atoms with E-state index in [0.29, 0.717) is 19.4 Å². The van der Waals surface area contributed by atoms with Crippen LogP contribution in [0.4, 0.5) is 5.82 Å². The Morgan fingerprint density at radius 1 is 1.39 bits per heavy atom. The molecule has 0 radical (unpaired) electrons. The molecule has 6 heteroatoms. The second-order valence-electron chi connectivity index (χ2n) is 5.93. The van der Waals surface area contributed by atoms with E-state index < -0.39 is 6.04 Å². The zero-order valence-corrected chi connectivity index (χ0v) is 13.3. The summed E-state index contributed by atoms with van der Waals surface area (Å²) in [5, 5.41) is 6.63. The fourth-order valence-corrected chi connectivity index (χ4v) is 2.72.